The van der Waals surface area contributed by atoms with E-state index < -0.39 is 0 Å². The van der Waals surface area contributed by atoms with Crippen LogP contribution in [0.5, 0.6) is 0 Å². The molecule has 0 amide bonds. The molecule has 0 aromatic heterocycles. The zero-order chi connectivity index (χ0) is 3.41. The SMILES string of the molecule is CC[O][Al+2].[Li+]. The normalized spacial score (nSPS) is 6.20. The maximum absolute atomic E-state index is 4.46. The summed E-state index contributed by atoms with van der Waals surface area (Å²) in [6.07, 6.45) is 0. The molecule has 0 aromatic carbocycles. The summed E-state index contributed by atoms with van der Waals surface area (Å²) >= 11 is 2.16. The molecule has 0 aliphatic rings. The van der Waals surface area contributed by atoms with Gasteiger partial charge in [0.05, 0.1) is 0 Å². The molecule has 0 bridgehead atoms. The summed E-state index contributed by atoms with van der Waals surface area (Å²) in [7, 11) is 0. The van der Waals surface area contributed by atoms with Crippen molar-refractivity contribution in [3.8, 4) is 0 Å². The van der Waals surface area contributed by atoms with Crippen molar-refractivity contribution in [3.05, 3.63) is 0 Å². The first-order chi connectivity index (χ1) is 1.91. The molecule has 0 atom stereocenters. The van der Waals surface area contributed by atoms with E-state index in [1.807, 2.05) is 6.92 Å². The maximum atomic E-state index is 4.46. The Balaban J connectivity index is 0. The Hall–Kier alpha value is 1.09. The van der Waals surface area contributed by atoms with Crippen LogP contribution in [0.15, 0.2) is 0 Å². The molecular formula is C2H5AlLiO+3. The van der Waals surface area contributed by atoms with E-state index in [2.05, 4.69) is 20.4 Å². The van der Waals surface area contributed by atoms with Gasteiger partial charge in [0.25, 0.3) is 0 Å². The van der Waals surface area contributed by atoms with Gasteiger partial charge < -0.3 is 0 Å². The fourth-order valence-electron chi connectivity index (χ4n) is 0. The molecule has 20 valence electrons. The number of rotatable bonds is 1. The van der Waals surface area contributed by atoms with E-state index in [0.29, 0.717) is 0 Å². The summed E-state index contributed by atoms with van der Waals surface area (Å²) < 4.78 is 4.46. The molecule has 0 N–H and O–H groups in total. The molecular weight excluding hydrogens is 73.9 g/mol. The largest absolute Gasteiger partial charge is 1.00 e. The first-order valence-corrected chi connectivity index (χ1v) is 1.70. The Bertz CT molecular complexity index is 11.6. The van der Waals surface area contributed by atoms with Gasteiger partial charge in [-0.3, -0.25) is 0 Å². The van der Waals surface area contributed by atoms with Crippen molar-refractivity contribution in [3.63, 3.8) is 0 Å². The summed E-state index contributed by atoms with van der Waals surface area (Å²) in [5.74, 6) is 0. The first-order valence-electron chi connectivity index (χ1n) is 1.23. The summed E-state index contributed by atoms with van der Waals surface area (Å²) in [6, 6.07) is 0. The van der Waals surface area contributed by atoms with Crippen molar-refractivity contribution in [1.29, 1.82) is 0 Å². The van der Waals surface area contributed by atoms with Gasteiger partial charge in [-0.05, 0) is 0 Å². The van der Waals surface area contributed by atoms with Crippen LogP contribution >= 0.6 is 0 Å². The Morgan fingerprint density at radius 3 is 2.00 bits per heavy atom. The van der Waals surface area contributed by atoms with Crippen LogP contribution in [0.3, 0.4) is 0 Å². The first kappa shape index (κ1) is 9.43. The second kappa shape index (κ2) is 8.92. The van der Waals surface area contributed by atoms with Crippen molar-refractivity contribution in [1.82, 2.24) is 0 Å². The quantitative estimate of drug-likeness (QED) is 0.306. The van der Waals surface area contributed by atoms with Gasteiger partial charge in [-0.1, -0.05) is 0 Å². The van der Waals surface area contributed by atoms with Gasteiger partial charge in [-0.25, -0.2) is 0 Å². The number of hydrogen-bond acceptors (Lipinski definition) is 1. The fraction of sp³-hybridized carbons (Fsp3) is 1.00. The molecule has 0 aliphatic carbocycles. The van der Waals surface area contributed by atoms with Crippen LogP contribution in [0.2, 0.25) is 0 Å². The monoisotopic (exact) mass is 79.0 g/mol. The molecule has 0 saturated heterocycles. The van der Waals surface area contributed by atoms with Gasteiger partial charge in [-0.15, -0.1) is 0 Å². The third-order valence-corrected chi connectivity index (χ3v) is 0.500. The van der Waals surface area contributed by atoms with Gasteiger partial charge in [0.15, 0.2) is 0 Å². The minimum atomic E-state index is 0. The maximum Gasteiger partial charge on any atom is 1.00 e. The van der Waals surface area contributed by atoms with E-state index in [1.165, 1.54) is 0 Å². The third-order valence-electron chi connectivity index (χ3n) is 0.167. The molecule has 0 rings (SSSR count). The fourth-order valence-corrected chi connectivity index (χ4v) is 0. The second-order valence-corrected chi connectivity index (χ2v) is 0.789. The predicted octanol–water partition coefficient (Wildman–Crippen LogP) is -2.89. The van der Waals surface area contributed by atoms with Crippen molar-refractivity contribution in [2.75, 3.05) is 6.61 Å². The van der Waals surface area contributed by atoms with Gasteiger partial charge in [0.1, 0.15) is 0 Å². The summed E-state index contributed by atoms with van der Waals surface area (Å²) in [5.41, 5.74) is 0. The molecule has 0 unspecified atom stereocenters. The van der Waals surface area contributed by atoms with Crippen LogP contribution in [-0.2, 0) is 3.79 Å². The van der Waals surface area contributed by atoms with Crippen molar-refractivity contribution >= 4 is 16.6 Å². The minimum absolute atomic E-state index is 0. The zero-order valence-electron chi connectivity index (χ0n) is 3.69. The molecule has 0 fully saturated rings. The molecule has 3 heteroatoms. The minimum Gasteiger partial charge on any atom is 1.00 e. The van der Waals surface area contributed by atoms with Crippen molar-refractivity contribution in [2.24, 2.45) is 0 Å². The van der Waals surface area contributed by atoms with E-state index in [9.17, 15) is 0 Å². The molecule has 0 aromatic rings. The molecule has 0 saturated carbocycles. The van der Waals surface area contributed by atoms with Crippen molar-refractivity contribution < 1.29 is 22.6 Å². The third kappa shape index (κ3) is 11.1. The molecule has 5 heavy (non-hydrogen) atoms. The number of hydrogen-bond donors (Lipinski definition) is 0. The van der Waals surface area contributed by atoms with Crippen LogP contribution in [0.4, 0.5) is 0 Å². The van der Waals surface area contributed by atoms with Crippen molar-refractivity contribution in [2.45, 2.75) is 6.92 Å². The average Bonchev–Trinajstić information content (AvgIpc) is 1.37. The Labute approximate surface area is 53.0 Å². The summed E-state index contributed by atoms with van der Waals surface area (Å²) in [4.78, 5) is 0. The Kier molecular flexibility index (Phi) is 16.8. The molecule has 0 heterocycles. The second-order valence-electron chi connectivity index (χ2n) is 0.455. The van der Waals surface area contributed by atoms with Gasteiger partial charge in [0.2, 0.25) is 0 Å². The van der Waals surface area contributed by atoms with E-state index in [1.54, 1.807) is 0 Å². The summed E-state index contributed by atoms with van der Waals surface area (Å²) in [6.45, 7) is 2.72. The zero-order valence-corrected chi connectivity index (χ0v) is 4.85. The van der Waals surface area contributed by atoms with E-state index >= 15 is 0 Å². The average molecular weight is 79.0 g/mol. The van der Waals surface area contributed by atoms with E-state index in [-0.39, 0.29) is 18.9 Å². The van der Waals surface area contributed by atoms with Crippen LogP contribution in [0, 0.1) is 0 Å². The summed E-state index contributed by atoms with van der Waals surface area (Å²) in [5, 5.41) is 0. The molecule has 0 spiro atoms. The smallest absolute Gasteiger partial charge is 1.00 e. The topological polar surface area (TPSA) is 9.23 Å². The molecule has 0 aliphatic heterocycles. The predicted molar refractivity (Wildman–Crippen MR) is 17.4 cm³/mol. The van der Waals surface area contributed by atoms with Crippen LogP contribution in [0.25, 0.3) is 0 Å². The molecule has 0 radical (unpaired) electrons. The Morgan fingerprint density at radius 1 is 1.80 bits per heavy atom. The molecule has 1 nitrogen and oxygen atoms in total. The van der Waals surface area contributed by atoms with Crippen LogP contribution < -0.4 is 18.9 Å². The standard InChI is InChI=1S/C2H5O.Al.Li/c1-2-3;;/h2H2,1H3;;/q-1;+3;+1. The van der Waals surface area contributed by atoms with E-state index in [0.717, 1.165) is 6.61 Å². The van der Waals surface area contributed by atoms with Gasteiger partial charge >= 0.3 is 52.8 Å². The van der Waals surface area contributed by atoms with Crippen LogP contribution in [-0.4, -0.2) is 23.2 Å². The van der Waals surface area contributed by atoms with Crippen LogP contribution in [0.1, 0.15) is 6.92 Å². The van der Waals surface area contributed by atoms with Gasteiger partial charge in [0, 0.05) is 0 Å². The van der Waals surface area contributed by atoms with Gasteiger partial charge in [-0.2, -0.15) is 0 Å². The van der Waals surface area contributed by atoms with E-state index in [4.69, 9.17) is 0 Å². The Morgan fingerprint density at radius 2 is 2.00 bits per heavy atom.